The second kappa shape index (κ2) is 20.1. The minimum atomic E-state index is -0.552. The molecular formula is C39H54O7. The number of rotatable bonds is 20. The molecule has 1 saturated carbocycles. The fraction of sp³-hybridized carbons (Fsp3) is 0.538. The molecule has 1 unspecified atom stereocenters. The molecule has 3 rings (SSSR count). The Bertz CT molecular complexity index is 1260. The Labute approximate surface area is 276 Å². The van der Waals surface area contributed by atoms with E-state index < -0.39 is 11.9 Å². The lowest BCUT2D eigenvalue weighted by molar-refractivity contribution is -0.146. The van der Waals surface area contributed by atoms with Crippen LogP contribution in [0.25, 0.3) is 11.1 Å². The van der Waals surface area contributed by atoms with Gasteiger partial charge in [-0.25, -0.2) is 9.59 Å². The monoisotopic (exact) mass is 634 g/mol. The average Bonchev–Trinajstić information content (AvgIpc) is 3.08. The maximum absolute atomic E-state index is 12.5. The highest BCUT2D eigenvalue weighted by Gasteiger charge is 2.31. The van der Waals surface area contributed by atoms with Crippen molar-refractivity contribution in [2.75, 3.05) is 46.8 Å². The summed E-state index contributed by atoms with van der Waals surface area (Å²) in [4.78, 5) is 25.0. The molecule has 0 radical (unpaired) electrons. The Morgan fingerprint density at radius 2 is 1.54 bits per heavy atom. The lowest BCUT2D eigenvalue weighted by Crippen LogP contribution is -2.31. The van der Waals surface area contributed by atoms with Gasteiger partial charge in [-0.1, -0.05) is 82.3 Å². The van der Waals surface area contributed by atoms with Crippen molar-refractivity contribution in [2.24, 2.45) is 11.8 Å². The molecule has 7 heteroatoms. The number of aryl methyl sites for hydroxylation is 2. The normalized spacial score (nSPS) is 16.9. The number of aliphatic hydroxyl groups is 1. The third-order valence-electron chi connectivity index (χ3n) is 9.02. The van der Waals surface area contributed by atoms with Gasteiger partial charge in [-0.15, -0.1) is 0 Å². The highest BCUT2D eigenvalue weighted by Crippen LogP contribution is 2.40. The molecule has 1 atom stereocenters. The number of hydrogen-bond donors (Lipinski definition) is 1. The SMILES string of the molecule is C=C(COC)C(=O)OCC(COC(=O)C(=C)COCCO)C1CCC(c2ccc(-c3ccc(CCCCC)cc3CC)cc2)CC1. The molecule has 1 aliphatic carbocycles. The molecule has 1 fully saturated rings. The van der Waals surface area contributed by atoms with Crippen molar-refractivity contribution in [1.82, 2.24) is 0 Å². The smallest absolute Gasteiger partial charge is 0.335 e. The lowest BCUT2D eigenvalue weighted by atomic mass is 9.74. The van der Waals surface area contributed by atoms with Gasteiger partial charge >= 0.3 is 11.9 Å². The molecular weight excluding hydrogens is 580 g/mol. The molecule has 7 nitrogen and oxygen atoms in total. The predicted octanol–water partition coefficient (Wildman–Crippen LogP) is 7.39. The van der Waals surface area contributed by atoms with Gasteiger partial charge in [0, 0.05) is 13.0 Å². The van der Waals surface area contributed by atoms with Crippen LogP contribution in [0, 0.1) is 11.8 Å². The van der Waals surface area contributed by atoms with E-state index in [1.165, 1.54) is 54.2 Å². The van der Waals surface area contributed by atoms with E-state index in [4.69, 9.17) is 24.1 Å². The largest absolute Gasteiger partial charge is 0.462 e. The minimum absolute atomic E-state index is 0.0100. The number of carbonyl (C=O) groups excluding carboxylic acids is 2. The van der Waals surface area contributed by atoms with Crippen molar-refractivity contribution in [3.8, 4) is 11.1 Å². The maximum atomic E-state index is 12.5. The van der Waals surface area contributed by atoms with E-state index >= 15 is 0 Å². The average molecular weight is 635 g/mol. The van der Waals surface area contributed by atoms with E-state index in [0.717, 1.165) is 38.5 Å². The number of benzene rings is 2. The Balaban J connectivity index is 1.62. The number of ether oxygens (including phenoxy) is 4. The first-order valence-corrected chi connectivity index (χ1v) is 16.9. The van der Waals surface area contributed by atoms with E-state index in [1.54, 1.807) is 0 Å². The molecule has 0 saturated heterocycles. The van der Waals surface area contributed by atoms with Crippen LogP contribution in [0.2, 0.25) is 0 Å². The summed E-state index contributed by atoms with van der Waals surface area (Å²) in [7, 11) is 1.50. The molecule has 0 aromatic heterocycles. The molecule has 46 heavy (non-hydrogen) atoms. The number of carbonyl (C=O) groups is 2. The third-order valence-corrected chi connectivity index (χ3v) is 9.02. The number of hydrogen-bond acceptors (Lipinski definition) is 7. The zero-order valence-corrected chi connectivity index (χ0v) is 28.2. The van der Waals surface area contributed by atoms with Crippen LogP contribution >= 0.6 is 0 Å². The van der Waals surface area contributed by atoms with Crippen LogP contribution in [-0.2, 0) is 41.4 Å². The predicted molar refractivity (Wildman–Crippen MR) is 183 cm³/mol. The molecule has 2 aromatic carbocycles. The summed E-state index contributed by atoms with van der Waals surface area (Å²) in [5.74, 6) is -0.535. The minimum Gasteiger partial charge on any atom is -0.462 e. The first-order chi connectivity index (χ1) is 22.3. The molecule has 1 aliphatic rings. The fourth-order valence-corrected chi connectivity index (χ4v) is 6.26. The van der Waals surface area contributed by atoms with Crippen LogP contribution in [0.4, 0.5) is 0 Å². The van der Waals surface area contributed by atoms with E-state index in [0.29, 0.717) is 5.92 Å². The number of methoxy groups -OCH3 is 1. The maximum Gasteiger partial charge on any atom is 0.335 e. The molecule has 0 heterocycles. The van der Waals surface area contributed by atoms with E-state index in [-0.39, 0.29) is 62.6 Å². The van der Waals surface area contributed by atoms with Crippen LogP contribution in [0.5, 0.6) is 0 Å². The molecule has 0 bridgehead atoms. The Hall–Kier alpha value is -3.26. The summed E-state index contributed by atoms with van der Waals surface area (Å²) in [6, 6.07) is 16.1. The fourth-order valence-electron chi connectivity index (χ4n) is 6.26. The van der Waals surface area contributed by atoms with Crippen LogP contribution in [-0.4, -0.2) is 63.8 Å². The van der Waals surface area contributed by atoms with Gasteiger partial charge in [0.05, 0.1) is 50.8 Å². The quantitative estimate of drug-likeness (QED) is 0.0923. The van der Waals surface area contributed by atoms with E-state index in [9.17, 15) is 9.59 Å². The van der Waals surface area contributed by atoms with Gasteiger partial charge in [-0.3, -0.25) is 0 Å². The van der Waals surface area contributed by atoms with Crippen LogP contribution in [0.1, 0.15) is 81.4 Å². The topological polar surface area (TPSA) is 91.3 Å². The molecule has 2 aromatic rings. The summed E-state index contributed by atoms with van der Waals surface area (Å²) < 4.78 is 21.4. The third kappa shape index (κ3) is 11.5. The van der Waals surface area contributed by atoms with Crippen LogP contribution in [0.15, 0.2) is 66.8 Å². The molecule has 1 N–H and O–H groups in total. The van der Waals surface area contributed by atoms with Crippen molar-refractivity contribution >= 4 is 11.9 Å². The number of aliphatic hydroxyl groups excluding tert-OH is 1. The standard InChI is InChI=1S/C39H54O7/c1-6-8-9-10-30-11-20-37(31(7-2)23-30)35-18-16-33(17-19-35)32-12-14-34(15-13-32)36(26-45-38(41)28(3)24-43-5)27-46-39(42)29(4)25-44-22-21-40/h11,16-20,23,32,34,36,40H,3-4,6-10,12-15,21-22,24-27H2,1-2,5H3. The highest BCUT2D eigenvalue weighted by molar-refractivity contribution is 5.88. The number of esters is 2. The zero-order chi connectivity index (χ0) is 33.3. The van der Waals surface area contributed by atoms with Gasteiger partial charge in [-0.05, 0) is 84.6 Å². The molecule has 252 valence electrons. The van der Waals surface area contributed by atoms with Crippen molar-refractivity contribution in [3.05, 3.63) is 83.5 Å². The Morgan fingerprint density at radius 3 is 2.13 bits per heavy atom. The summed E-state index contributed by atoms with van der Waals surface area (Å²) in [5, 5.41) is 8.89. The Morgan fingerprint density at radius 1 is 0.891 bits per heavy atom. The summed E-state index contributed by atoms with van der Waals surface area (Å²) >= 11 is 0. The van der Waals surface area contributed by atoms with Crippen molar-refractivity contribution in [1.29, 1.82) is 0 Å². The van der Waals surface area contributed by atoms with Gasteiger partial charge < -0.3 is 24.1 Å². The van der Waals surface area contributed by atoms with Gasteiger partial charge in [0.15, 0.2) is 0 Å². The first-order valence-electron chi connectivity index (χ1n) is 16.9. The van der Waals surface area contributed by atoms with E-state index in [1.807, 2.05) is 0 Å². The second-order valence-corrected chi connectivity index (χ2v) is 12.4. The molecule has 0 amide bonds. The number of unbranched alkanes of at least 4 members (excludes halogenated alkanes) is 2. The second-order valence-electron chi connectivity index (χ2n) is 12.4. The summed E-state index contributed by atoms with van der Waals surface area (Å²) in [6.07, 6.45) is 9.81. The van der Waals surface area contributed by atoms with E-state index in [2.05, 4.69) is 69.5 Å². The van der Waals surface area contributed by atoms with Gasteiger partial charge in [-0.2, -0.15) is 0 Å². The van der Waals surface area contributed by atoms with Crippen molar-refractivity contribution in [2.45, 2.75) is 77.6 Å². The lowest BCUT2D eigenvalue weighted by Gasteiger charge is -2.33. The van der Waals surface area contributed by atoms with Crippen LogP contribution < -0.4 is 0 Å². The zero-order valence-electron chi connectivity index (χ0n) is 28.2. The van der Waals surface area contributed by atoms with Crippen molar-refractivity contribution in [3.63, 3.8) is 0 Å². The van der Waals surface area contributed by atoms with Gasteiger partial charge in [0.25, 0.3) is 0 Å². The summed E-state index contributed by atoms with van der Waals surface area (Å²) in [5.41, 5.74) is 7.19. The summed E-state index contributed by atoms with van der Waals surface area (Å²) in [6.45, 7) is 12.3. The van der Waals surface area contributed by atoms with Gasteiger partial charge in [0.2, 0.25) is 0 Å². The highest BCUT2D eigenvalue weighted by atomic mass is 16.6. The van der Waals surface area contributed by atoms with Crippen molar-refractivity contribution < 1.29 is 33.6 Å². The van der Waals surface area contributed by atoms with Crippen LogP contribution in [0.3, 0.4) is 0 Å². The van der Waals surface area contributed by atoms with Gasteiger partial charge in [0.1, 0.15) is 0 Å². The molecule has 0 spiro atoms. The Kier molecular flexibility index (Phi) is 16.2. The molecule has 0 aliphatic heterocycles. The first kappa shape index (κ1) is 37.2.